The quantitative estimate of drug-likeness (QED) is 0.679. The van der Waals surface area contributed by atoms with E-state index in [1.807, 2.05) is 13.0 Å². The molecule has 1 aliphatic rings. The normalized spacial score (nSPS) is 17.4. The van der Waals surface area contributed by atoms with Gasteiger partial charge < -0.3 is 10.2 Å². The number of thioether (sulfide) groups is 1. The van der Waals surface area contributed by atoms with E-state index in [-0.39, 0.29) is 11.9 Å². The van der Waals surface area contributed by atoms with E-state index in [1.165, 1.54) is 9.60 Å². The first kappa shape index (κ1) is 18.3. The third-order valence-corrected chi connectivity index (χ3v) is 6.70. The van der Waals surface area contributed by atoms with E-state index >= 15 is 0 Å². The maximum absolute atomic E-state index is 12.6. The molecule has 0 bridgehead atoms. The molecule has 2 aromatic heterocycles. The van der Waals surface area contributed by atoms with Crippen LogP contribution < -0.4 is 10.2 Å². The van der Waals surface area contributed by atoms with Crippen molar-refractivity contribution >= 4 is 44.4 Å². The lowest BCUT2D eigenvalue weighted by Crippen LogP contribution is -2.48. The molecule has 0 radical (unpaired) electrons. The fourth-order valence-electron chi connectivity index (χ4n) is 3.56. The van der Waals surface area contributed by atoms with Crippen molar-refractivity contribution in [2.24, 2.45) is 7.05 Å². The Morgan fingerprint density at radius 3 is 3.00 bits per heavy atom. The van der Waals surface area contributed by atoms with E-state index in [0.29, 0.717) is 5.69 Å². The van der Waals surface area contributed by atoms with Crippen LogP contribution in [0.2, 0.25) is 0 Å². The van der Waals surface area contributed by atoms with Gasteiger partial charge in [-0.15, -0.1) is 11.8 Å². The molecular formula is C19H23N5OS2. The SMILES string of the molecule is CSc1cccc2sc(N3CCCC(NC(=O)c4cc(C)nn4C)C3)nc12. The summed E-state index contributed by atoms with van der Waals surface area (Å²) in [5.41, 5.74) is 2.54. The molecule has 1 N–H and O–H groups in total. The van der Waals surface area contributed by atoms with Gasteiger partial charge in [-0.1, -0.05) is 17.4 Å². The van der Waals surface area contributed by atoms with E-state index in [1.54, 1.807) is 34.8 Å². The number of piperidine rings is 1. The van der Waals surface area contributed by atoms with Gasteiger partial charge in [0.2, 0.25) is 0 Å². The maximum atomic E-state index is 12.6. The summed E-state index contributed by atoms with van der Waals surface area (Å²) in [6.45, 7) is 3.66. The summed E-state index contributed by atoms with van der Waals surface area (Å²) in [7, 11) is 1.81. The number of carbonyl (C=O) groups is 1. The first-order chi connectivity index (χ1) is 13.0. The summed E-state index contributed by atoms with van der Waals surface area (Å²) in [4.78, 5) is 21.0. The molecule has 0 saturated carbocycles. The fraction of sp³-hybridized carbons (Fsp3) is 0.421. The zero-order chi connectivity index (χ0) is 19.0. The number of hydrogen-bond acceptors (Lipinski definition) is 6. The average molecular weight is 402 g/mol. The third kappa shape index (κ3) is 3.68. The Kier molecular flexibility index (Phi) is 5.10. The fourth-order valence-corrected chi connectivity index (χ4v) is 5.22. The van der Waals surface area contributed by atoms with Crippen molar-refractivity contribution in [1.29, 1.82) is 0 Å². The number of aryl methyl sites for hydroxylation is 2. The van der Waals surface area contributed by atoms with Gasteiger partial charge in [0.1, 0.15) is 5.69 Å². The minimum Gasteiger partial charge on any atom is -0.346 e. The van der Waals surface area contributed by atoms with Crippen molar-refractivity contribution in [1.82, 2.24) is 20.1 Å². The molecule has 1 saturated heterocycles. The Morgan fingerprint density at radius 1 is 1.41 bits per heavy atom. The molecule has 1 atom stereocenters. The number of aromatic nitrogens is 3. The van der Waals surface area contributed by atoms with Crippen LogP contribution in [-0.4, -0.2) is 46.1 Å². The molecule has 3 aromatic rings. The van der Waals surface area contributed by atoms with Crippen LogP contribution in [0.4, 0.5) is 5.13 Å². The van der Waals surface area contributed by atoms with Gasteiger partial charge in [-0.05, 0) is 44.2 Å². The number of benzene rings is 1. The topological polar surface area (TPSA) is 63.1 Å². The van der Waals surface area contributed by atoms with Crippen LogP contribution in [0.5, 0.6) is 0 Å². The average Bonchev–Trinajstić information content (AvgIpc) is 3.24. The van der Waals surface area contributed by atoms with Crippen molar-refractivity contribution in [2.45, 2.75) is 30.7 Å². The second kappa shape index (κ2) is 7.52. The summed E-state index contributed by atoms with van der Waals surface area (Å²) in [6.07, 6.45) is 4.11. The number of rotatable bonds is 4. The molecule has 1 aromatic carbocycles. The molecule has 142 valence electrons. The summed E-state index contributed by atoms with van der Waals surface area (Å²) >= 11 is 3.46. The zero-order valence-electron chi connectivity index (χ0n) is 15.7. The minimum atomic E-state index is -0.0566. The Labute approximate surface area is 167 Å². The van der Waals surface area contributed by atoms with Gasteiger partial charge in [0.05, 0.1) is 15.9 Å². The Balaban J connectivity index is 1.50. The predicted molar refractivity (Wildman–Crippen MR) is 112 cm³/mol. The molecule has 0 spiro atoms. The second-order valence-electron chi connectivity index (χ2n) is 6.86. The molecule has 1 fully saturated rings. The van der Waals surface area contributed by atoms with E-state index < -0.39 is 0 Å². The van der Waals surface area contributed by atoms with Crippen LogP contribution in [0.15, 0.2) is 29.2 Å². The molecule has 1 aliphatic heterocycles. The van der Waals surface area contributed by atoms with Gasteiger partial charge in [0.15, 0.2) is 5.13 Å². The summed E-state index contributed by atoms with van der Waals surface area (Å²) in [6, 6.07) is 8.28. The zero-order valence-corrected chi connectivity index (χ0v) is 17.4. The summed E-state index contributed by atoms with van der Waals surface area (Å²) < 4.78 is 2.86. The second-order valence-corrected chi connectivity index (χ2v) is 8.71. The first-order valence-corrected chi connectivity index (χ1v) is 11.1. The molecule has 27 heavy (non-hydrogen) atoms. The lowest BCUT2D eigenvalue weighted by molar-refractivity contribution is 0.0923. The highest BCUT2D eigenvalue weighted by Crippen LogP contribution is 2.35. The summed E-state index contributed by atoms with van der Waals surface area (Å²) in [5.74, 6) is -0.0566. The highest BCUT2D eigenvalue weighted by Gasteiger charge is 2.25. The van der Waals surface area contributed by atoms with Crippen LogP contribution >= 0.6 is 23.1 Å². The number of nitrogens with one attached hydrogen (secondary N) is 1. The number of anilines is 1. The maximum Gasteiger partial charge on any atom is 0.269 e. The van der Waals surface area contributed by atoms with Gasteiger partial charge in [-0.3, -0.25) is 9.48 Å². The Bertz CT molecular complexity index is 980. The van der Waals surface area contributed by atoms with Gasteiger partial charge in [-0.2, -0.15) is 5.10 Å². The van der Waals surface area contributed by atoms with E-state index in [9.17, 15) is 4.79 Å². The van der Waals surface area contributed by atoms with Crippen LogP contribution in [0.25, 0.3) is 10.2 Å². The number of carbonyl (C=O) groups excluding carboxylic acids is 1. The largest absolute Gasteiger partial charge is 0.346 e. The van der Waals surface area contributed by atoms with Gasteiger partial charge >= 0.3 is 0 Å². The lowest BCUT2D eigenvalue weighted by Gasteiger charge is -2.32. The summed E-state index contributed by atoms with van der Waals surface area (Å²) in [5, 5.41) is 8.48. The Hall–Kier alpha value is -2.06. The highest BCUT2D eigenvalue weighted by molar-refractivity contribution is 7.98. The van der Waals surface area contributed by atoms with Gasteiger partial charge in [0.25, 0.3) is 5.91 Å². The van der Waals surface area contributed by atoms with E-state index in [4.69, 9.17) is 4.98 Å². The number of nitrogens with zero attached hydrogens (tertiary/aromatic N) is 4. The highest BCUT2D eigenvalue weighted by atomic mass is 32.2. The number of amides is 1. The Morgan fingerprint density at radius 2 is 2.26 bits per heavy atom. The van der Waals surface area contributed by atoms with Gasteiger partial charge in [0, 0.05) is 31.1 Å². The number of thiazole rings is 1. The molecule has 6 nitrogen and oxygen atoms in total. The number of para-hydroxylation sites is 1. The first-order valence-electron chi connectivity index (χ1n) is 9.05. The monoisotopic (exact) mass is 401 g/mol. The molecular weight excluding hydrogens is 378 g/mol. The molecule has 1 unspecified atom stereocenters. The number of hydrogen-bond donors (Lipinski definition) is 1. The van der Waals surface area contributed by atoms with E-state index in [0.717, 1.165) is 42.3 Å². The third-order valence-electron chi connectivity index (χ3n) is 4.85. The van der Waals surface area contributed by atoms with Crippen molar-refractivity contribution in [3.05, 3.63) is 35.7 Å². The van der Waals surface area contributed by atoms with Crippen LogP contribution in [-0.2, 0) is 7.05 Å². The standard InChI is InChI=1S/C19H23N5OS2/c1-12-10-14(23(2)22-12)18(25)20-13-6-5-9-24(11-13)19-21-17-15(26-3)7-4-8-16(17)27-19/h4,7-8,10,13H,5-6,9,11H2,1-3H3,(H,20,25). The van der Waals surface area contributed by atoms with Crippen molar-refractivity contribution < 1.29 is 4.79 Å². The van der Waals surface area contributed by atoms with Gasteiger partial charge in [-0.25, -0.2) is 4.98 Å². The molecule has 3 heterocycles. The van der Waals surface area contributed by atoms with Crippen molar-refractivity contribution in [3.63, 3.8) is 0 Å². The van der Waals surface area contributed by atoms with E-state index in [2.05, 4.69) is 39.8 Å². The number of fused-ring (bicyclic) bond motifs is 1. The molecule has 0 aliphatic carbocycles. The molecule has 1 amide bonds. The van der Waals surface area contributed by atoms with Crippen LogP contribution in [0.1, 0.15) is 29.0 Å². The lowest BCUT2D eigenvalue weighted by atomic mass is 10.1. The smallest absolute Gasteiger partial charge is 0.269 e. The molecule has 8 heteroatoms. The van der Waals surface area contributed by atoms with Crippen LogP contribution in [0.3, 0.4) is 0 Å². The minimum absolute atomic E-state index is 0.0566. The molecule has 4 rings (SSSR count). The van der Waals surface area contributed by atoms with Crippen LogP contribution in [0, 0.1) is 6.92 Å². The van der Waals surface area contributed by atoms with Crippen molar-refractivity contribution in [2.75, 3.05) is 24.2 Å². The predicted octanol–water partition coefficient (Wildman–Crippen LogP) is 3.46. The van der Waals surface area contributed by atoms with Crippen molar-refractivity contribution in [3.8, 4) is 0 Å².